The summed E-state index contributed by atoms with van der Waals surface area (Å²) in [5.74, 6) is -0.180. The predicted molar refractivity (Wildman–Crippen MR) is 91.8 cm³/mol. The molecule has 144 valence electrons. The van der Waals surface area contributed by atoms with E-state index in [2.05, 4.69) is 10.3 Å². The van der Waals surface area contributed by atoms with Gasteiger partial charge in [0.2, 0.25) is 0 Å². The Bertz CT molecular complexity index is 777. The number of nitrogens with zero attached hydrogens (tertiary/aromatic N) is 2. The fourth-order valence-electron chi connectivity index (χ4n) is 2.68. The highest BCUT2D eigenvalue weighted by molar-refractivity contribution is 5.91. The second-order valence-electron chi connectivity index (χ2n) is 5.94. The average molecular weight is 381 g/mol. The number of halogens is 3. The Morgan fingerprint density at radius 2 is 2.22 bits per heavy atom. The molecule has 0 spiro atoms. The fraction of sp³-hybridized carbons (Fsp3) is 0.333. The van der Waals surface area contributed by atoms with E-state index in [0.717, 1.165) is 12.1 Å². The number of nitrogens with one attached hydrogen (secondary N) is 1. The zero-order valence-electron chi connectivity index (χ0n) is 14.3. The SMILES string of the molecule is O=C(Nc1ccc(F)cc1OCC(F)F)N1CC[C@@H](Oc2cccnc2)C1. The molecule has 0 bridgehead atoms. The van der Waals surface area contributed by atoms with Gasteiger partial charge in [-0.2, -0.15) is 0 Å². The van der Waals surface area contributed by atoms with Crippen LogP contribution in [0.5, 0.6) is 11.5 Å². The molecule has 1 N–H and O–H groups in total. The van der Waals surface area contributed by atoms with E-state index in [1.165, 1.54) is 11.0 Å². The maximum absolute atomic E-state index is 13.4. The molecule has 0 radical (unpaired) electrons. The van der Waals surface area contributed by atoms with Crippen LogP contribution in [0.25, 0.3) is 0 Å². The monoisotopic (exact) mass is 381 g/mol. The lowest BCUT2D eigenvalue weighted by molar-refractivity contribution is 0.0821. The highest BCUT2D eigenvalue weighted by Gasteiger charge is 2.28. The first kappa shape index (κ1) is 18.8. The summed E-state index contributed by atoms with van der Waals surface area (Å²) < 4.78 is 48.7. The van der Waals surface area contributed by atoms with Crippen molar-refractivity contribution in [2.75, 3.05) is 25.0 Å². The van der Waals surface area contributed by atoms with E-state index in [-0.39, 0.29) is 17.5 Å². The van der Waals surface area contributed by atoms with Crippen LogP contribution in [0.2, 0.25) is 0 Å². The molecule has 0 unspecified atom stereocenters. The molecule has 3 rings (SSSR count). The number of hydrogen-bond acceptors (Lipinski definition) is 4. The number of rotatable bonds is 6. The molecule has 2 heterocycles. The van der Waals surface area contributed by atoms with E-state index < -0.39 is 24.9 Å². The Labute approximate surface area is 153 Å². The minimum atomic E-state index is -2.71. The molecule has 1 aliphatic heterocycles. The number of hydrogen-bond donors (Lipinski definition) is 1. The van der Waals surface area contributed by atoms with Crippen LogP contribution in [-0.4, -0.2) is 48.1 Å². The zero-order chi connectivity index (χ0) is 19.2. The van der Waals surface area contributed by atoms with Crippen molar-refractivity contribution in [1.82, 2.24) is 9.88 Å². The summed E-state index contributed by atoms with van der Waals surface area (Å²) in [4.78, 5) is 17.9. The van der Waals surface area contributed by atoms with Gasteiger partial charge in [-0.1, -0.05) is 0 Å². The molecule has 1 aromatic carbocycles. The maximum atomic E-state index is 13.4. The van der Waals surface area contributed by atoms with Crippen LogP contribution in [0, 0.1) is 5.82 Å². The summed E-state index contributed by atoms with van der Waals surface area (Å²) in [6.07, 6.45) is 0.981. The van der Waals surface area contributed by atoms with Crippen molar-refractivity contribution in [3.63, 3.8) is 0 Å². The number of aromatic nitrogens is 1. The third-order valence-corrected chi connectivity index (χ3v) is 3.92. The second-order valence-corrected chi connectivity index (χ2v) is 5.94. The van der Waals surface area contributed by atoms with Gasteiger partial charge in [-0.25, -0.2) is 18.0 Å². The molecule has 0 aliphatic carbocycles. The van der Waals surface area contributed by atoms with Crippen molar-refractivity contribution in [2.24, 2.45) is 0 Å². The summed E-state index contributed by atoms with van der Waals surface area (Å²) in [7, 11) is 0. The first-order valence-corrected chi connectivity index (χ1v) is 8.34. The van der Waals surface area contributed by atoms with Gasteiger partial charge in [-0.05, 0) is 24.3 Å². The highest BCUT2D eigenvalue weighted by Crippen LogP contribution is 2.27. The smallest absolute Gasteiger partial charge is 0.322 e. The minimum Gasteiger partial charge on any atom is -0.487 e. The average Bonchev–Trinajstić information content (AvgIpc) is 3.11. The van der Waals surface area contributed by atoms with Gasteiger partial charge >= 0.3 is 6.03 Å². The summed E-state index contributed by atoms with van der Waals surface area (Å²) in [6.45, 7) is -0.0720. The number of urea groups is 1. The van der Waals surface area contributed by atoms with Crippen molar-refractivity contribution in [2.45, 2.75) is 19.0 Å². The number of ether oxygens (including phenoxy) is 2. The molecule has 9 heteroatoms. The first-order chi connectivity index (χ1) is 13.0. The topological polar surface area (TPSA) is 63.7 Å². The summed E-state index contributed by atoms with van der Waals surface area (Å²) in [6, 6.07) is 6.43. The molecule has 0 saturated carbocycles. The van der Waals surface area contributed by atoms with E-state index in [1.54, 1.807) is 24.5 Å². The predicted octanol–water partition coefficient (Wildman–Crippen LogP) is 3.55. The summed E-state index contributed by atoms with van der Waals surface area (Å²) >= 11 is 0. The van der Waals surface area contributed by atoms with Gasteiger partial charge in [0.05, 0.1) is 18.4 Å². The Morgan fingerprint density at radius 1 is 1.37 bits per heavy atom. The van der Waals surface area contributed by atoms with Crippen LogP contribution in [-0.2, 0) is 0 Å². The van der Waals surface area contributed by atoms with Crippen LogP contribution in [0.15, 0.2) is 42.7 Å². The number of likely N-dealkylation sites (tertiary alicyclic amines) is 1. The summed E-state index contributed by atoms with van der Waals surface area (Å²) in [5, 5.41) is 2.57. The zero-order valence-corrected chi connectivity index (χ0v) is 14.3. The Kier molecular flexibility index (Phi) is 6.00. The third kappa shape index (κ3) is 5.25. The number of benzene rings is 1. The van der Waals surface area contributed by atoms with Crippen LogP contribution in [0.3, 0.4) is 0 Å². The van der Waals surface area contributed by atoms with Crippen LogP contribution < -0.4 is 14.8 Å². The van der Waals surface area contributed by atoms with Crippen molar-refractivity contribution < 1.29 is 27.4 Å². The normalized spacial score (nSPS) is 16.4. The van der Waals surface area contributed by atoms with Crippen LogP contribution >= 0.6 is 0 Å². The second kappa shape index (κ2) is 8.61. The van der Waals surface area contributed by atoms with Crippen molar-refractivity contribution in [1.29, 1.82) is 0 Å². The fourth-order valence-corrected chi connectivity index (χ4v) is 2.68. The molecular weight excluding hydrogens is 363 g/mol. The van der Waals surface area contributed by atoms with Crippen molar-refractivity contribution in [3.8, 4) is 11.5 Å². The largest absolute Gasteiger partial charge is 0.487 e. The maximum Gasteiger partial charge on any atom is 0.322 e. The number of alkyl halides is 2. The Morgan fingerprint density at radius 3 is 2.96 bits per heavy atom. The van der Waals surface area contributed by atoms with Crippen molar-refractivity contribution in [3.05, 3.63) is 48.5 Å². The van der Waals surface area contributed by atoms with E-state index >= 15 is 0 Å². The van der Waals surface area contributed by atoms with Crippen molar-refractivity contribution >= 4 is 11.7 Å². The summed E-state index contributed by atoms with van der Waals surface area (Å²) in [5.41, 5.74) is 0.124. The lowest BCUT2D eigenvalue weighted by atomic mass is 10.3. The molecule has 1 atom stereocenters. The molecule has 27 heavy (non-hydrogen) atoms. The lowest BCUT2D eigenvalue weighted by Crippen LogP contribution is -2.34. The Hall–Kier alpha value is -2.97. The molecule has 6 nitrogen and oxygen atoms in total. The van der Waals surface area contributed by atoms with Gasteiger partial charge in [-0.3, -0.25) is 4.98 Å². The minimum absolute atomic E-state index is 0.124. The number of pyridine rings is 1. The molecule has 2 amide bonds. The van der Waals surface area contributed by atoms with Gasteiger partial charge in [0.1, 0.15) is 30.0 Å². The molecule has 1 aromatic heterocycles. The molecule has 1 fully saturated rings. The number of amides is 2. The van der Waals surface area contributed by atoms with Crippen LogP contribution in [0.4, 0.5) is 23.7 Å². The first-order valence-electron chi connectivity index (χ1n) is 8.34. The van der Waals surface area contributed by atoms with E-state index in [0.29, 0.717) is 25.3 Å². The molecule has 1 saturated heterocycles. The molecule has 2 aromatic rings. The standard InChI is InChI=1S/C18H18F3N3O3/c19-12-3-4-15(16(8-12)26-11-17(20)21)23-18(25)24-7-5-14(10-24)27-13-2-1-6-22-9-13/h1-4,6,8-9,14,17H,5,7,10-11H2,(H,23,25)/t14-/m1/s1. The molecular formula is C18H18F3N3O3. The number of anilines is 1. The van der Waals surface area contributed by atoms with Gasteiger partial charge < -0.3 is 19.7 Å². The van der Waals surface area contributed by atoms with Crippen LogP contribution in [0.1, 0.15) is 6.42 Å². The van der Waals surface area contributed by atoms with Gasteiger partial charge in [0, 0.05) is 25.2 Å². The number of carbonyl (C=O) groups excluding carboxylic acids is 1. The van der Waals surface area contributed by atoms with E-state index in [4.69, 9.17) is 9.47 Å². The van der Waals surface area contributed by atoms with Gasteiger partial charge in [0.15, 0.2) is 0 Å². The van der Waals surface area contributed by atoms with E-state index in [9.17, 15) is 18.0 Å². The van der Waals surface area contributed by atoms with Gasteiger partial charge in [-0.15, -0.1) is 0 Å². The van der Waals surface area contributed by atoms with Gasteiger partial charge in [0.25, 0.3) is 6.43 Å². The van der Waals surface area contributed by atoms with E-state index in [1.807, 2.05) is 0 Å². The quantitative estimate of drug-likeness (QED) is 0.831. The number of carbonyl (C=O) groups is 1. The molecule has 1 aliphatic rings. The highest BCUT2D eigenvalue weighted by atomic mass is 19.3. The lowest BCUT2D eigenvalue weighted by Gasteiger charge is -2.19. The Balaban J connectivity index is 1.59. The third-order valence-electron chi connectivity index (χ3n) is 3.92.